The van der Waals surface area contributed by atoms with E-state index in [0.717, 1.165) is 66.5 Å². The van der Waals surface area contributed by atoms with Crippen LogP contribution >= 0.6 is 11.3 Å². The Kier molecular flexibility index (Phi) is 5.93. The van der Waals surface area contributed by atoms with Crippen molar-refractivity contribution in [1.29, 1.82) is 0 Å². The number of aromatic nitrogens is 4. The molecule has 7 rings (SSSR count). The van der Waals surface area contributed by atoms with Gasteiger partial charge in [0.25, 0.3) is 0 Å². The zero-order valence-corrected chi connectivity index (χ0v) is 22.1. The first-order chi connectivity index (χ1) is 18.6. The standard InChI is InChI=1S/C28H29N7O2S/c1-18-30-27(32-37-18)20-7-10-25(29-13-20)35-21-8-9-22(35)15-33(14-21)17-26(36)34-12-11-23-24(16-34)38-28(31-23)19-5-3-2-4-6-19/h2-7,10,13,21-22H,8-9,11-12,14-17H2,1H3. The van der Waals surface area contributed by atoms with E-state index in [9.17, 15) is 4.79 Å². The van der Waals surface area contributed by atoms with Gasteiger partial charge in [-0.25, -0.2) is 9.97 Å². The number of likely N-dealkylation sites (tertiary alicyclic amines) is 1. The van der Waals surface area contributed by atoms with E-state index in [2.05, 4.69) is 38.1 Å². The summed E-state index contributed by atoms with van der Waals surface area (Å²) in [6.45, 7) is 5.43. The number of carbonyl (C=O) groups is 1. The van der Waals surface area contributed by atoms with Crippen LogP contribution in [-0.4, -0.2) is 74.1 Å². The summed E-state index contributed by atoms with van der Waals surface area (Å²) in [5, 5.41) is 5.04. The average Bonchev–Trinajstić information content (AvgIpc) is 3.64. The Bertz CT molecular complexity index is 1440. The van der Waals surface area contributed by atoms with E-state index in [4.69, 9.17) is 14.5 Å². The molecule has 2 atom stereocenters. The fourth-order valence-electron chi connectivity index (χ4n) is 5.98. The van der Waals surface area contributed by atoms with Crippen LogP contribution in [0.1, 0.15) is 29.3 Å². The molecule has 194 valence electrons. The number of fused-ring (bicyclic) bond motifs is 3. The summed E-state index contributed by atoms with van der Waals surface area (Å²) in [5.41, 5.74) is 3.15. The van der Waals surface area contributed by atoms with Crippen LogP contribution in [-0.2, 0) is 17.8 Å². The summed E-state index contributed by atoms with van der Waals surface area (Å²) in [6, 6.07) is 15.1. The molecule has 6 heterocycles. The minimum Gasteiger partial charge on any atom is -0.348 e. The fraction of sp³-hybridized carbons (Fsp3) is 0.393. The first-order valence-corrected chi connectivity index (χ1v) is 14.0. The molecule has 0 N–H and O–H groups in total. The first-order valence-electron chi connectivity index (χ1n) is 13.2. The quantitative estimate of drug-likeness (QED) is 0.387. The smallest absolute Gasteiger partial charge is 0.237 e. The van der Waals surface area contributed by atoms with Crippen LogP contribution < -0.4 is 4.90 Å². The third-order valence-electron chi connectivity index (χ3n) is 7.82. The van der Waals surface area contributed by atoms with Crippen molar-refractivity contribution in [2.45, 2.75) is 44.8 Å². The second-order valence-corrected chi connectivity index (χ2v) is 11.4. The van der Waals surface area contributed by atoms with Gasteiger partial charge in [-0.05, 0) is 25.0 Å². The van der Waals surface area contributed by atoms with Crippen molar-refractivity contribution in [1.82, 2.24) is 29.9 Å². The number of nitrogens with zero attached hydrogens (tertiary/aromatic N) is 7. The van der Waals surface area contributed by atoms with E-state index < -0.39 is 0 Å². The van der Waals surface area contributed by atoms with Gasteiger partial charge in [-0.3, -0.25) is 9.69 Å². The number of pyridine rings is 1. The molecule has 1 aromatic carbocycles. The van der Waals surface area contributed by atoms with Gasteiger partial charge >= 0.3 is 0 Å². The Balaban J connectivity index is 0.985. The molecule has 0 spiro atoms. The molecule has 3 aliphatic heterocycles. The van der Waals surface area contributed by atoms with Crippen molar-refractivity contribution in [3.63, 3.8) is 0 Å². The van der Waals surface area contributed by atoms with Crippen molar-refractivity contribution in [3.05, 3.63) is 65.1 Å². The Morgan fingerprint density at radius 1 is 1.05 bits per heavy atom. The lowest BCUT2D eigenvalue weighted by atomic mass is 10.1. The highest BCUT2D eigenvalue weighted by molar-refractivity contribution is 7.15. The van der Waals surface area contributed by atoms with Crippen molar-refractivity contribution < 1.29 is 9.32 Å². The molecule has 4 aromatic rings. The van der Waals surface area contributed by atoms with Gasteiger partial charge in [0, 0.05) is 67.3 Å². The number of hydrogen-bond donors (Lipinski definition) is 0. The average molecular weight is 528 g/mol. The second-order valence-electron chi connectivity index (χ2n) is 10.3. The Labute approximate surface area is 225 Å². The Morgan fingerprint density at radius 2 is 1.87 bits per heavy atom. The monoisotopic (exact) mass is 527 g/mol. The molecule has 1 amide bonds. The number of piperazine rings is 1. The number of carbonyl (C=O) groups excluding carboxylic acids is 1. The van der Waals surface area contributed by atoms with Gasteiger partial charge in [-0.15, -0.1) is 11.3 Å². The highest BCUT2D eigenvalue weighted by Crippen LogP contribution is 2.35. The molecular formula is C28H29N7O2S. The van der Waals surface area contributed by atoms with E-state index in [1.807, 2.05) is 35.4 Å². The molecule has 0 aliphatic carbocycles. The van der Waals surface area contributed by atoms with Gasteiger partial charge in [-0.2, -0.15) is 4.98 Å². The van der Waals surface area contributed by atoms with Gasteiger partial charge < -0.3 is 14.3 Å². The second kappa shape index (κ2) is 9.59. The molecular weight excluding hydrogens is 498 g/mol. The molecule has 2 saturated heterocycles. The predicted molar refractivity (Wildman–Crippen MR) is 145 cm³/mol. The van der Waals surface area contributed by atoms with Gasteiger partial charge in [0.2, 0.25) is 17.6 Å². The number of thiazole rings is 1. The molecule has 3 aromatic heterocycles. The van der Waals surface area contributed by atoms with Crippen LogP contribution in [0.15, 0.2) is 53.2 Å². The van der Waals surface area contributed by atoms with Crippen LogP contribution in [0.3, 0.4) is 0 Å². The van der Waals surface area contributed by atoms with E-state index in [1.165, 1.54) is 4.88 Å². The maximum atomic E-state index is 13.3. The minimum atomic E-state index is 0.219. The molecule has 2 fully saturated rings. The zero-order chi connectivity index (χ0) is 25.6. The lowest BCUT2D eigenvalue weighted by Crippen LogP contribution is -2.56. The molecule has 38 heavy (non-hydrogen) atoms. The van der Waals surface area contributed by atoms with Crippen LogP contribution in [0, 0.1) is 6.92 Å². The SMILES string of the molecule is Cc1nc(-c2ccc(N3C4CCC3CN(CC(=O)N3CCc5nc(-c6ccccc6)sc5C3)C4)nc2)no1. The Morgan fingerprint density at radius 3 is 2.58 bits per heavy atom. The van der Waals surface area contributed by atoms with Crippen LogP contribution in [0.5, 0.6) is 0 Å². The number of amides is 1. The summed E-state index contributed by atoms with van der Waals surface area (Å²) in [5.74, 6) is 2.31. The maximum Gasteiger partial charge on any atom is 0.237 e. The van der Waals surface area contributed by atoms with E-state index in [1.54, 1.807) is 18.3 Å². The summed E-state index contributed by atoms with van der Waals surface area (Å²) in [4.78, 5) is 35.3. The van der Waals surface area contributed by atoms with Gasteiger partial charge in [0.15, 0.2) is 0 Å². The lowest BCUT2D eigenvalue weighted by molar-refractivity contribution is -0.133. The largest absolute Gasteiger partial charge is 0.348 e. The van der Waals surface area contributed by atoms with Gasteiger partial charge in [0.1, 0.15) is 10.8 Å². The van der Waals surface area contributed by atoms with Crippen LogP contribution in [0.2, 0.25) is 0 Å². The van der Waals surface area contributed by atoms with Crippen LogP contribution in [0.4, 0.5) is 5.82 Å². The third kappa shape index (κ3) is 4.37. The van der Waals surface area contributed by atoms with Crippen molar-refractivity contribution >= 4 is 23.1 Å². The lowest BCUT2D eigenvalue weighted by Gasteiger charge is -2.42. The predicted octanol–water partition coefficient (Wildman–Crippen LogP) is 3.80. The highest BCUT2D eigenvalue weighted by Gasteiger charge is 2.41. The molecule has 0 saturated carbocycles. The minimum absolute atomic E-state index is 0.219. The number of aryl methyl sites for hydroxylation is 1. The summed E-state index contributed by atoms with van der Waals surface area (Å²) < 4.78 is 5.10. The molecule has 3 aliphatic rings. The number of hydrogen-bond acceptors (Lipinski definition) is 9. The first kappa shape index (κ1) is 23.5. The zero-order valence-electron chi connectivity index (χ0n) is 21.3. The summed E-state index contributed by atoms with van der Waals surface area (Å²) >= 11 is 1.72. The Hall–Kier alpha value is -3.63. The highest BCUT2D eigenvalue weighted by atomic mass is 32.1. The number of benzene rings is 1. The number of anilines is 1. The molecule has 2 unspecified atom stereocenters. The van der Waals surface area contributed by atoms with E-state index in [0.29, 0.717) is 36.9 Å². The van der Waals surface area contributed by atoms with Crippen molar-refractivity contribution in [3.8, 4) is 22.0 Å². The van der Waals surface area contributed by atoms with Crippen molar-refractivity contribution in [2.24, 2.45) is 0 Å². The van der Waals surface area contributed by atoms with Gasteiger partial charge in [-0.1, -0.05) is 35.5 Å². The summed E-state index contributed by atoms with van der Waals surface area (Å²) in [6.07, 6.45) is 4.90. The molecule has 0 radical (unpaired) electrons. The molecule has 10 heteroatoms. The number of rotatable bonds is 5. The van der Waals surface area contributed by atoms with E-state index >= 15 is 0 Å². The van der Waals surface area contributed by atoms with Crippen molar-refractivity contribution in [2.75, 3.05) is 31.1 Å². The van der Waals surface area contributed by atoms with Crippen LogP contribution in [0.25, 0.3) is 22.0 Å². The topological polar surface area (TPSA) is 91.5 Å². The molecule has 2 bridgehead atoms. The van der Waals surface area contributed by atoms with Gasteiger partial charge in [0.05, 0.1) is 18.8 Å². The molecule has 9 nitrogen and oxygen atoms in total. The summed E-state index contributed by atoms with van der Waals surface area (Å²) in [7, 11) is 0. The van der Waals surface area contributed by atoms with E-state index in [-0.39, 0.29) is 5.91 Å². The fourth-order valence-corrected chi connectivity index (χ4v) is 7.11. The normalized spacial score (nSPS) is 21.1. The third-order valence-corrected chi connectivity index (χ3v) is 8.95. The maximum absolute atomic E-state index is 13.3.